The van der Waals surface area contributed by atoms with Crippen LogP contribution in [0.25, 0.3) is 11.0 Å². The minimum Gasteiger partial charge on any atom is -0.442 e. The van der Waals surface area contributed by atoms with E-state index in [1.807, 2.05) is 48.5 Å². The van der Waals surface area contributed by atoms with Crippen LogP contribution in [0.2, 0.25) is 0 Å². The van der Waals surface area contributed by atoms with E-state index in [9.17, 15) is 24.6 Å². The molecule has 0 radical (unpaired) electrons. The number of anilines is 3. The van der Waals surface area contributed by atoms with Crippen LogP contribution in [-0.2, 0) is 18.3 Å². The van der Waals surface area contributed by atoms with Gasteiger partial charge in [0, 0.05) is 37.9 Å². The van der Waals surface area contributed by atoms with E-state index in [4.69, 9.17) is 4.74 Å². The van der Waals surface area contributed by atoms with E-state index in [-0.39, 0.29) is 41.9 Å². The zero-order valence-corrected chi connectivity index (χ0v) is 31.5. The lowest BCUT2D eigenvalue weighted by Crippen LogP contribution is -2.60. The maximum absolute atomic E-state index is 14.3. The number of aryl methyl sites for hydroxylation is 1. The van der Waals surface area contributed by atoms with Crippen LogP contribution in [0.3, 0.4) is 0 Å². The fourth-order valence-electron chi connectivity index (χ4n) is 7.92. The predicted octanol–water partition coefficient (Wildman–Crippen LogP) is 5.09. The average Bonchev–Trinajstić information content (AvgIpc) is 3.55. The number of aliphatic hydroxyl groups excluding tert-OH is 2. The topological polar surface area (TPSA) is 176 Å². The summed E-state index contributed by atoms with van der Waals surface area (Å²) in [6.45, 7) is 5.54. The molecule has 5 N–H and O–H groups in total. The Hall–Kier alpha value is -5.57. The van der Waals surface area contributed by atoms with E-state index in [1.54, 1.807) is 46.0 Å². The molecule has 2 aromatic carbocycles. The van der Waals surface area contributed by atoms with Crippen LogP contribution >= 0.6 is 0 Å². The maximum Gasteiger partial charge on any atom is 0.437 e. The number of nitrogens with one attached hydrogen (secondary N) is 3. The van der Waals surface area contributed by atoms with Gasteiger partial charge in [-0.25, -0.2) is 14.8 Å². The summed E-state index contributed by atoms with van der Waals surface area (Å²) in [6.07, 6.45) is 3.87. The lowest BCUT2D eigenvalue weighted by atomic mass is 9.82. The number of benzene rings is 2. The molecule has 55 heavy (non-hydrogen) atoms. The summed E-state index contributed by atoms with van der Waals surface area (Å²) in [5.74, 6) is 0.268. The van der Waals surface area contributed by atoms with E-state index in [0.29, 0.717) is 30.2 Å². The van der Waals surface area contributed by atoms with Gasteiger partial charge >= 0.3 is 6.09 Å². The molecule has 0 aliphatic carbocycles. The predicted molar refractivity (Wildman–Crippen MR) is 209 cm³/mol. The number of aromatic nitrogens is 4. The molecular weight excluding hydrogens is 701 g/mol. The van der Waals surface area contributed by atoms with E-state index in [0.717, 1.165) is 29.6 Å². The largest absolute Gasteiger partial charge is 0.442 e. The minimum atomic E-state index is -0.816. The lowest BCUT2D eigenvalue weighted by molar-refractivity contribution is 0.0273. The van der Waals surface area contributed by atoms with Crippen LogP contribution in [0.4, 0.5) is 22.1 Å². The molecule has 0 spiro atoms. The van der Waals surface area contributed by atoms with Crippen molar-refractivity contribution in [2.45, 2.75) is 82.3 Å². The summed E-state index contributed by atoms with van der Waals surface area (Å²) in [5, 5.41) is 31.2. The molecule has 3 unspecified atom stereocenters. The summed E-state index contributed by atoms with van der Waals surface area (Å²) < 4.78 is 7.67. The van der Waals surface area contributed by atoms with Gasteiger partial charge in [0.1, 0.15) is 17.2 Å². The van der Waals surface area contributed by atoms with Crippen LogP contribution in [-0.4, -0.2) is 82.9 Å². The van der Waals surface area contributed by atoms with Gasteiger partial charge in [-0.05, 0) is 69.7 Å². The molecule has 3 atom stereocenters. The highest BCUT2D eigenvalue weighted by Gasteiger charge is 2.49. The molecular formula is C41H48N8O6. The highest BCUT2D eigenvalue weighted by atomic mass is 16.6. The molecule has 2 aliphatic rings. The van der Waals surface area contributed by atoms with E-state index in [2.05, 4.69) is 43.0 Å². The van der Waals surface area contributed by atoms with Gasteiger partial charge < -0.3 is 30.9 Å². The van der Waals surface area contributed by atoms with Crippen molar-refractivity contribution < 1.29 is 24.5 Å². The molecule has 2 fully saturated rings. The molecule has 2 bridgehead atoms. The number of ether oxygens (including phenoxy) is 1. The number of fused-ring (bicyclic) bond motifs is 3. The van der Waals surface area contributed by atoms with Gasteiger partial charge in [0.2, 0.25) is 0 Å². The number of rotatable bonds is 11. The minimum absolute atomic E-state index is 0.198. The Bertz CT molecular complexity index is 2220. The molecule has 5 aromatic rings. The standard InChI is InChI=1S/C41H48N8O6/c1-40(2,3)55-39(54)49-38(53)30-17-18-34(45-36(30)47(49)4)44-35-19-32(43-33(24-50)27-13-9-6-10-14-27)31(22-42-35)37(52)46-41(25-51)20-28-15-16-29(21-41)48(28)23-26-11-7-5-8-12-26/h5-14,17-19,22,28-29,33,50-51H,15-16,20-21,23-25H2,1-4H3,(H,46,52)(H2,42,43,44,45). The van der Waals surface area contributed by atoms with Crippen LogP contribution in [0.15, 0.2) is 89.9 Å². The highest BCUT2D eigenvalue weighted by Crippen LogP contribution is 2.42. The second kappa shape index (κ2) is 15.3. The second-order valence-corrected chi connectivity index (χ2v) is 15.6. The van der Waals surface area contributed by atoms with Gasteiger partial charge in [0.25, 0.3) is 11.5 Å². The van der Waals surface area contributed by atoms with Crippen molar-refractivity contribution in [3.63, 3.8) is 0 Å². The van der Waals surface area contributed by atoms with E-state index < -0.39 is 34.7 Å². The Morgan fingerprint density at radius 1 is 0.964 bits per heavy atom. The molecule has 14 nitrogen and oxygen atoms in total. The average molecular weight is 749 g/mol. The lowest BCUT2D eigenvalue weighted by Gasteiger charge is -2.46. The fourth-order valence-corrected chi connectivity index (χ4v) is 7.92. The monoisotopic (exact) mass is 748 g/mol. The molecule has 3 aromatic heterocycles. The molecule has 0 saturated carbocycles. The number of hydrogen-bond donors (Lipinski definition) is 5. The van der Waals surface area contributed by atoms with Crippen molar-refractivity contribution in [3.05, 3.63) is 112 Å². The van der Waals surface area contributed by atoms with Gasteiger partial charge in [-0.3, -0.25) is 19.2 Å². The van der Waals surface area contributed by atoms with Gasteiger partial charge in [0.05, 0.1) is 41.4 Å². The first-order valence-electron chi connectivity index (χ1n) is 18.6. The van der Waals surface area contributed by atoms with Crippen molar-refractivity contribution in [1.29, 1.82) is 0 Å². The SMILES string of the molecule is Cn1c2nc(Nc3cc(NC(CO)c4ccccc4)c(C(=O)NC4(CO)CC5CCC(C4)N5Cc4ccccc4)cn3)ccc2c(=O)n1C(=O)OC(C)(C)C. The Kier molecular flexibility index (Phi) is 10.5. The van der Waals surface area contributed by atoms with Crippen LogP contribution in [0, 0.1) is 0 Å². The Morgan fingerprint density at radius 3 is 2.27 bits per heavy atom. The molecule has 2 aliphatic heterocycles. The van der Waals surface area contributed by atoms with Crippen molar-refractivity contribution in [2.24, 2.45) is 7.05 Å². The number of piperidine rings is 1. The molecule has 7 rings (SSSR count). The number of amides is 1. The summed E-state index contributed by atoms with van der Waals surface area (Å²) in [4.78, 5) is 51.9. The van der Waals surface area contributed by atoms with Crippen molar-refractivity contribution >= 4 is 40.4 Å². The molecule has 1 amide bonds. The third-order valence-electron chi connectivity index (χ3n) is 10.5. The summed E-state index contributed by atoms with van der Waals surface area (Å²) in [5.41, 5.74) is 0.777. The van der Waals surface area contributed by atoms with Crippen molar-refractivity contribution in [2.75, 3.05) is 23.8 Å². The van der Waals surface area contributed by atoms with Crippen molar-refractivity contribution in [3.8, 4) is 0 Å². The second-order valence-electron chi connectivity index (χ2n) is 15.6. The normalized spacial score (nSPS) is 20.3. The first-order valence-corrected chi connectivity index (χ1v) is 18.6. The molecule has 5 heterocycles. The Balaban J connectivity index is 1.16. The zero-order valence-electron chi connectivity index (χ0n) is 31.5. The fraction of sp³-hybridized carbons (Fsp3) is 0.390. The number of hydrogen-bond acceptors (Lipinski definition) is 11. The number of aliphatic hydroxyl groups is 2. The maximum atomic E-state index is 14.3. The van der Waals surface area contributed by atoms with Gasteiger partial charge in [-0.15, -0.1) is 4.68 Å². The number of carbonyl (C=O) groups is 2. The number of pyridine rings is 2. The smallest absolute Gasteiger partial charge is 0.437 e. The van der Waals surface area contributed by atoms with Crippen molar-refractivity contribution in [1.82, 2.24) is 29.5 Å². The summed E-state index contributed by atoms with van der Waals surface area (Å²) in [7, 11) is 1.55. The van der Waals surface area contributed by atoms with Crippen LogP contribution < -0.4 is 21.5 Å². The Labute approximate surface area is 319 Å². The van der Waals surface area contributed by atoms with Crippen LogP contribution in [0.5, 0.6) is 0 Å². The van der Waals surface area contributed by atoms with E-state index >= 15 is 0 Å². The molecule has 14 heteroatoms. The summed E-state index contributed by atoms with van der Waals surface area (Å²) in [6, 6.07) is 24.5. The zero-order chi connectivity index (χ0) is 38.9. The number of nitrogens with zero attached hydrogens (tertiary/aromatic N) is 5. The Morgan fingerprint density at radius 2 is 1.64 bits per heavy atom. The molecule has 2 saturated heterocycles. The number of carbonyl (C=O) groups excluding carboxylic acids is 2. The quantitative estimate of drug-likeness (QED) is 0.122. The highest BCUT2D eigenvalue weighted by molar-refractivity contribution is 6.00. The molecule has 288 valence electrons. The third kappa shape index (κ3) is 7.97. The summed E-state index contributed by atoms with van der Waals surface area (Å²) >= 11 is 0. The first kappa shape index (κ1) is 37.7. The first-order chi connectivity index (χ1) is 26.4. The van der Waals surface area contributed by atoms with Crippen LogP contribution in [0.1, 0.15) is 74.0 Å². The van der Waals surface area contributed by atoms with Gasteiger partial charge in [-0.1, -0.05) is 60.7 Å². The van der Waals surface area contributed by atoms with Gasteiger partial charge in [-0.2, -0.15) is 0 Å². The van der Waals surface area contributed by atoms with E-state index in [1.165, 1.54) is 16.4 Å². The third-order valence-corrected chi connectivity index (χ3v) is 10.5. The van der Waals surface area contributed by atoms with Gasteiger partial charge in [0.15, 0.2) is 5.65 Å².